The van der Waals surface area contributed by atoms with Gasteiger partial charge in [0.15, 0.2) is 5.13 Å². The van der Waals surface area contributed by atoms with Crippen molar-refractivity contribution in [1.82, 2.24) is 4.98 Å². The number of nitrogens with one attached hydrogen (secondary N) is 1. The lowest BCUT2D eigenvalue weighted by Crippen LogP contribution is -2.12. The fourth-order valence-corrected chi connectivity index (χ4v) is 2.31. The van der Waals surface area contributed by atoms with E-state index in [0.717, 1.165) is 18.6 Å². The Morgan fingerprint density at radius 3 is 3.15 bits per heavy atom. The average Bonchev–Trinajstić information content (AvgIpc) is 2.92. The molecule has 0 saturated carbocycles. The van der Waals surface area contributed by atoms with E-state index in [1.165, 1.54) is 17.5 Å². The van der Waals surface area contributed by atoms with Crippen LogP contribution in [-0.4, -0.2) is 17.5 Å². The molecule has 1 aliphatic rings. The quantitative estimate of drug-likeness (QED) is 0.817. The molecule has 1 heterocycles. The van der Waals surface area contributed by atoms with Crippen LogP contribution in [0.5, 0.6) is 0 Å². The van der Waals surface area contributed by atoms with Crippen LogP contribution in [0.3, 0.4) is 0 Å². The van der Waals surface area contributed by atoms with Gasteiger partial charge in [-0.2, -0.15) is 5.26 Å². The van der Waals surface area contributed by atoms with Crippen LogP contribution in [0.1, 0.15) is 30.6 Å². The zero-order valence-electron chi connectivity index (χ0n) is 11.0. The van der Waals surface area contributed by atoms with Crippen molar-refractivity contribution in [3.63, 3.8) is 0 Å². The number of aromatic nitrogens is 1. The lowest BCUT2D eigenvalue weighted by Gasteiger charge is -2.09. The van der Waals surface area contributed by atoms with Crippen LogP contribution in [0.2, 0.25) is 0 Å². The summed E-state index contributed by atoms with van der Waals surface area (Å²) in [7, 11) is 0. The summed E-state index contributed by atoms with van der Waals surface area (Å²) < 4.78 is 5.54. The van der Waals surface area contributed by atoms with E-state index in [-0.39, 0.29) is 5.91 Å². The number of carbonyl (C=O) groups excluding carboxylic acids is 1. The van der Waals surface area contributed by atoms with E-state index in [1.807, 2.05) is 12.1 Å². The summed E-state index contributed by atoms with van der Waals surface area (Å²) in [5.41, 5.74) is 0. The Bertz CT molecular complexity index is 569. The van der Waals surface area contributed by atoms with Crippen molar-refractivity contribution in [2.24, 2.45) is 0 Å². The summed E-state index contributed by atoms with van der Waals surface area (Å²) in [5.74, 6) is 0.774. The molecule has 1 amide bonds. The number of anilines is 1. The molecule has 1 N–H and O–H groups in total. The fraction of sp³-hybridized carbons (Fsp3) is 0.357. The van der Waals surface area contributed by atoms with Crippen LogP contribution in [0.25, 0.3) is 0 Å². The number of rotatable bonds is 6. The van der Waals surface area contributed by atoms with E-state index in [2.05, 4.69) is 22.5 Å². The number of nitriles is 1. The molecule has 0 unspecified atom stereocenters. The van der Waals surface area contributed by atoms with Gasteiger partial charge in [-0.15, -0.1) is 0 Å². The number of carbonyl (C=O) groups is 1. The van der Waals surface area contributed by atoms with Crippen molar-refractivity contribution >= 4 is 22.4 Å². The number of ether oxygens (including phenoxy) is 1. The van der Waals surface area contributed by atoms with Crippen molar-refractivity contribution in [2.75, 3.05) is 11.9 Å². The second-order valence-corrected chi connectivity index (χ2v) is 5.26. The molecule has 20 heavy (non-hydrogen) atoms. The van der Waals surface area contributed by atoms with Crippen LogP contribution in [0, 0.1) is 11.3 Å². The number of nitrogens with zero attached hydrogens (tertiary/aromatic N) is 2. The van der Waals surface area contributed by atoms with E-state index in [4.69, 9.17) is 10.00 Å². The van der Waals surface area contributed by atoms with Crippen molar-refractivity contribution in [2.45, 2.75) is 25.7 Å². The maximum atomic E-state index is 11.6. The highest BCUT2D eigenvalue weighted by Gasteiger charge is 2.06. The molecule has 2 rings (SSSR count). The molecular weight excluding hydrogens is 274 g/mol. The first-order chi connectivity index (χ1) is 9.78. The molecule has 104 valence electrons. The SMILES string of the molecule is N#Cc1cnc(NC(=O)CCCOC2=CCCC=C2)s1. The fourth-order valence-electron chi connectivity index (χ4n) is 1.68. The predicted molar refractivity (Wildman–Crippen MR) is 77.1 cm³/mol. The van der Waals surface area contributed by atoms with Gasteiger partial charge in [-0.1, -0.05) is 17.4 Å². The lowest BCUT2D eigenvalue weighted by atomic mass is 10.2. The standard InChI is InChI=1S/C14H15N3O2S/c15-9-12-10-16-14(20-12)17-13(18)7-4-8-19-11-5-2-1-3-6-11/h2,5-6,10H,1,3-4,7-8H2,(H,16,17,18). The van der Waals surface area contributed by atoms with E-state index >= 15 is 0 Å². The zero-order chi connectivity index (χ0) is 14.2. The molecule has 1 aromatic heterocycles. The molecule has 0 atom stereocenters. The van der Waals surface area contributed by atoms with Gasteiger partial charge in [0.25, 0.3) is 0 Å². The highest BCUT2D eigenvalue weighted by atomic mass is 32.1. The average molecular weight is 289 g/mol. The van der Waals surface area contributed by atoms with Gasteiger partial charge < -0.3 is 10.1 Å². The Balaban J connectivity index is 1.64. The first kappa shape index (κ1) is 14.3. The summed E-state index contributed by atoms with van der Waals surface area (Å²) in [5, 5.41) is 11.8. The molecule has 6 heteroatoms. The van der Waals surface area contributed by atoms with Gasteiger partial charge in [-0.05, 0) is 31.4 Å². The lowest BCUT2D eigenvalue weighted by molar-refractivity contribution is -0.116. The molecular formula is C14H15N3O2S. The smallest absolute Gasteiger partial charge is 0.226 e. The Morgan fingerprint density at radius 1 is 1.55 bits per heavy atom. The first-order valence-corrected chi connectivity index (χ1v) is 7.25. The summed E-state index contributed by atoms with van der Waals surface area (Å²) in [6, 6.07) is 1.98. The van der Waals surface area contributed by atoms with Gasteiger partial charge in [-0.25, -0.2) is 4.98 Å². The zero-order valence-corrected chi connectivity index (χ0v) is 11.8. The number of hydrogen-bond donors (Lipinski definition) is 1. The van der Waals surface area contributed by atoms with E-state index < -0.39 is 0 Å². The highest BCUT2D eigenvalue weighted by molar-refractivity contribution is 7.16. The highest BCUT2D eigenvalue weighted by Crippen LogP contribution is 2.17. The normalized spacial score (nSPS) is 13.4. The van der Waals surface area contributed by atoms with Crippen LogP contribution < -0.4 is 5.32 Å². The molecule has 0 aliphatic heterocycles. The van der Waals surface area contributed by atoms with Crippen molar-refractivity contribution in [3.05, 3.63) is 35.1 Å². The maximum absolute atomic E-state index is 11.6. The van der Waals surface area contributed by atoms with Gasteiger partial charge in [0.1, 0.15) is 16.7 Å². The molecule has 0 saturated heterocycles. The largest absolute Gasteiger partial charge is 0.494 e. The maximum Gasteiger partial charge on any atom is 0.226 e. The van der Waals surface area contributed by atoms with Crippen LogP contribution in [0.4, 0.5) is 5.13 Å². The van der Waals surface area contributed by atoms with Gasteiger partial charge in [0.2, 0.25) is 5.91 Å². The predicted octanol–water partition coefficient (Wildman–Crippen LogP) is 2.98. The number of hydrogen-bond acceptors (Lipinski definition) is 5. The Labute approximate surface area is 121 Å². The summed E-state index contributed by atoms with van der Waals surface area (Å²) in [6.45, 7) is 0.519. The van der Waals surface area contributed by atoms with E-state index in [0.29, 0.717) is 29.5 Å². The third-order valence-corrected chi connectivity index (χ3v) is 3.46. The number of amides is 1. The second kappa shape index (κ2) is 7.46. The van der Waals surface area contributed by atoms with Crippen molar-refractivity contribution < 1.29 is 9.53 Å². The summed E-state index contributed by atoms with van der Waals surface area (Å²) in [6.07, 6.45) is 10.6. The van der Waals surface area contributed by atoms with Gasteiger partial charge in [0, 0.05) is 6.42 Å². The monoisotopic (exact) mass is 289 g/mol. The molecule has 0 fully saturated rings. The number of thiazole rings is 1. The molecule has 5 nitrogen and oxygen atoms in total. The van der Waals surface area contributed by atoms with Crippen molar-refractivity contribution in [1.29, 1.82) is 5.26 Å². The summed E-state index contributed by atoms with van der Waals surface area (Å²) in [4.78, 5) is 16.1. The second-order valence-electron chi connectivity index (χ2n) is 4.23. The Hall–Kier alpha value is -2.13. The molecule has 0 bridgehead atoms. The van der Waals surface area contributed by atoms with E-state index in [9.17, 15) is 4.79 Å². The van der Waals surface area contributed by atoms with Crippen LogP contribution in [0.15, 0.2) is 30.2 Å². The topological polar surface area (TPSA) is 75.0 Å². The van der Waals surface area contributed by atoms with Gasteiger partial charge in [0.05, 0.1) is 12.8 Å². The van der Waals surface area contributed by atoms with Gasteiger partial charge in [-0.3, -0.25) is 4.79 Å². The first-order valence-electron chi connectivity index (χ1n) is 6.43. The van der Waals surface area contributed by atoms with Gasteiger partial charge >= 0.3 is 0 Å². The minimum Gasteiger partial charge on any atom is -0.494 e. The van der Waals surface area contributed by atoms with Crippen LogP contribution in [-0.2, 0) is 9.53 Å². The van der Waals surface area contributed by atoms with E-state index in [1.54, 1.807) is 0 Å². The third-order valence-electron chi connectivity index (χ3n) is 2.64. The Morgan fingerprint density at radius 2 is 2.45 bits per heavy atom. The molecule has 1 aromatic rings. The molecule has 0 spiro atoms. The van der Waals surface area contributed by atoms with Crippen LogP contribution >= 0.6 is 11.3 Å². The minimum absolute atomic E-state index is 0.111. The minimum atomic E-state index is -0.111. The van der Waals surface area contributed by atoms with Crippen molar-refractivity contribution in [3.8, 4) is 6.07 Å². The molecule has 0 radical (unpaired) electrons. The molecule has 1 aliphatic carbocycles. The Kier molecular flexibility index (Phi) is 5.33. The third kappa shape index (κ3) is 4.52. The molecule has 0 aromatic carbocycles. The summed E-state index contributed by atoms with van der Waals surface area (Å²) >= 11 is 1.17. The number of allylic oxidation sites excluding steroid dienone is 3.